The van der Waals surface area contributed by atoms with Crippen LogP contribution in [0.4, 0.5) is 15.8 Å². The average Bonchev–Trinajstić information content (AvgIpc) is 2.31. The predicted molar refractivity (Wildman–Crippen MR) is 58.7 cm³/mol. The first-order valence-electron chi connectivity index (χ1n) is 5.08. The fraction of sp³-hybridized carbons (Fsp3) is 0.364. The molecule has 0 aromatic heterocycles. The molecular formula is C11H12FN3O. The molecule has 5 heteroatoms. The number of anilines is 2. The Morgan fingerprint density at radius 3 is 2.81 bits per heavy atom. The maximum absolute atomic E-state index is 13.0. The van der Waals surface area contributed by atoms with E-state index in [2.05, 4.69) is 10.2 Å². The number of nitriles is 1. The molecule has 1 heterocycles. The number of ether oxygens (including phenoxy) is 1. The van der Waals surface area contributed by atoms with Gasteiger partial charge >= 0.3 is 0 Å². The van der Waals surface area contributed by atoms with Gasteiger partial charge in [0.05, 0.1) is 24.6 Å². The van der Waals surface area contributed by atoms with E-state index in [-0.39, 0.29) is 5.82 Å². The predicted octanol–water partition coefficient (Wildman–Crippen LogP) is 1.56. The Hall–Kier alpha value is -1.80. The normalized spacial score (nSPS) is 15.6. The monoisotopic (exact) mass is 221 g/mol. The van der Waals surface area contributed by atoms with Gasteiger partial charge in [-0.2, -0.15) is 5.26 Å². The summed E-state index contributed by atoms with van der Waals surface area (Å²) in [5.74, 6) is -0.352. The quantitative estimate of drug-likeness (QED) is 0.608. The number of morpholine rings is 1. The van der Waals surface area contributed by atoms with E-state index in [1.54, 1.807) is 6.07 Å². The third-order valence-corrected chi connectivity index (χ3v) is 2.50. The van der Waals surface area contributed by atoms with Crippen LogP contribution in [0, 0.1) is 17.3 Å². The minimum atomic E-state index is -0.352. The lowest BCUT2D eigenvalue weighted by Gasteiger charge is -2.30. The van der Waals surface area contributed by atoms with Crippen LogP contribution in [-0.4, -0.2) is 26.3 Å². The molecule has 0 atom stereocenters. The van der Waals surface area contributed by atoms with E-state index in [0.29, 0.717) is 18.9 Å². The molecule has 0 saturated carbocycles. The number of hydrogen-bond acceptors (Lipinski definition) is 4. The van der Waals surface area contributed by atoms with E-state index in [1.165, 1.54) is 12.1 Å². The molecular weight excluding hydrogens is 209 g/mol. The molecule has 1 aromatic rings. The summed E-state index contributed by atoms with van der Waals surface area (Å²) in [7, 11) is 0. The van der Waals surface area contributed by atoms with Crippen LogP contribution in [0.5, 0.6) is 0 Å². The molecule has 0 radical (unpaired) electrons. The van der Waals surface area contributed by atoms with Gasteiger partial charge in [-0.3, -0.25) is 5.32 Å². The molecule has 0 amide bonds. The summed E-state index contributed by atoms with van der Waals surface area (Å²) in [4.78, 5) is 2.07. The van der Waals surface area contributed by atoms with Crippen LogP contribution in [0.1, 0.15) is 0 Å². The van der Waals surface area contributed by atoms with Crippen molar-refractivity contribution < 1.29 is 9.13 Å². The minimum Gasteiger partial charge on any atom is -0.378 e. The average molecular weight is 221 g/mol. The van der Waals surface area contributed by atoms with Crippen molar-refractivity contribution in [1.82, 2.24) is 0 Å². The Morgan fingerprint density at radius 1 is 1.38 bits per heavy atom. The van der Waals surface area contributed by atoms with Gasteiger partial charge in [-0.05, 0) is 12.1 Å². The summed E-state index contributed by atoms with van der Waals surface area (Å²) in [5.41, 5.74) is 1.34. The highest BCUT2D eigenvalue weighted by Crippen LogP contribution is 2.27. The Morgan fingerprint density at radius 2 is 2.12 bits per heavy atom. The van der Waals surface area contributed by atoms with Crippen LogP contribution in [0.3, 0.4) is 0 Å². The zero-order valence-electron chi connectivity index (χ0n) is 8.74. The van der Waals surface area contributed by atoms with Gasteiger partial charge in [0.15, 0.2) is 6.19 Å². The van der Waals surface area contributed by atoms with Gasteiger partial charge in [0, 0.05) is 19.2 Å². The van der Waals surface area contributed by atoms with Crippen molar-refractivity contribution in [2.24, 2.45) is 0 Å². The second kappa shape index (κ2) is 4.81. The van der Waals surface area contributed by atoms with Crippen molar-refractivity contribution in [3.63, 3.8) is 0 Å². The summed E-state index contributed by atoms with van der Waals surface area (Å²) in [6.07, 6.45) is 1.82. The van der Waals surface area contributed by atoms with Crippen molar-refractivity contribution in [3.05, 3.63) is 24.0 Å². The van der Waals surface area contributed by atoms with Gasteiger partial charge in [-0.25, -0.2) is 4.39 Å². The van der Waals surface area contributed by atoms with Gasteiger partial charge in [0.2, 0.25) is 0 Å². The molecule has 0 aliphatic carbocycles. The summed E-state index contributed by atoms with van der Waals surface area (Å²) in [5, 5.41) is 11.1. The van der Waals surface area contributed by atoms with Crippen LogP contribution in [0.2, 0.25) is 0 Å². The lowest BCUT2D eigenvalue weighted by Crippen LogP contribution is -2.36. The lowest BCUT2D eigenvalue weighted by molar-refractivity contribution is 0.123. The molecule has 2 rings (SSSR count). The molecule has 1 fully saturated rings. The summed E-state index contributed by atoms with van der Waals surface area (Å²) in [6.45, 7) is 2.82. The fourth-order valence-electron chi connectivity index (χ4n) is 1.75. The number of hydrogen-bond donors (Lipinski definition) is 1. The number of rotatable bonds is 2. The first-order chi connectivity index (χ1) is 7.81. The molecule has 16 heavy (non-hydrogen) atoms. The molecule has 0 spiro atoms. The number of benzene rings is 1. The van der Waals surface area contributed by atoms with Crippen molar-refractivity contribution >= 4 is 11.4 Å². The molecule has 0 unspecified atom stereocenters. The van der Waals surface area contributed by atoms with Crippen LogP contribution >= 0.6 is 0 Å². The first kappa shape index (κ1) is 10.7. The van der Waals surface area contributed by atoms with Crippen LogP contribution in [0.15, 0.2) is 18.2 Å². The zero-order valence-corrected chi connectivity index (χ0v) is 8.74. The number of halogens is 1. The SMILES string of the molecule is N#CNc1cc(F)ccc1N1CCOCC1. The Kier molecular flexibility index (Phi) is 3.22. The first-order valence-corrected chi connectivity index (χ1v) is 5.08. The topological polar surface area (TPSA) is 48.3 Å². The van der Waals surface area contributed by atoms with Crippen LogP contribution in [0.25, 0.3) is 0 Å². The molecule has 1 saturated heterocycles. The highest BCUT2D eigenvalue weighted by atomic mass is 19.1. The van der Waals surface area contributed by atoms with Gasteiger partial charge in [-0.15, -0.1) is 0 Å². The van der Waals surface area contributed by atoms with Gasteiger partial charge in [0.1, 0.15) is 5.82 Å². The molecule has 1 N–H and O–H groups in total. The minimum absolute atomic E-state index is 0.352. The second-order valence-corrected chi connectivity index (χ2v) is 3.50. The summed E-state index contributed by atoms with van der Waals surface area (Å²) < 4.78 is 18.3. The Bertz CT molecular complexity index is 410. The molecule has 1 aliphatic rings. The molecule has 84 valence electrons. The standard InChI is InChI=1S/C11H12FN3O/c12-9-1-2-11(10(7-9)14-8-13)15-3-5-16-6-4-15/h1-2,7,14H,3-6H2. The van der Waals surface area contributed by atoms with Crippen molar-refractivity contribution in [3.8, 4) is 6.19 Å². The van der Waals surface area contributed by atoms with Crippen LogP contribution < -0.4 is 10.2 Å². The van der Waals surface area contributed by atoms with Crippen molar-refractivity contribution in [2.75, 3.05) is 36.5 Å². The maximum atomic E-state index is 13.0. The molecule has 0 bridgehead atoms. The summed E-state index contributed by atoms with van der Waals surface area (Å²) in [6, 6.07) is 4.40. The van der Waals surface area contributed by atoms with E-state index in [4.69, 9.17) is 10.00 Å². The molecule has 4 nitrogen and oxygen atoms in total. The van der Waals surface area contributed by atoms with Gasteiger partial charge < -0.3 is 9.64 Å². The van der Waals surface area contributed by atoms with E-state index in [1.807, 2.05) is 6.19 Å². The fourth-order valence-corrected chi connectivity index (χ4v) is 1.75. The molecule has 1 aromatic carbocycles. The maximum Gasteiger partial charge on any atom is 0.181 e. The van der Waals surface area contributed by atoms with Crippen molar-refractivity contribution in [2.45, 2.75) is 0 Å². The van der Waals surface area contributed by atoms with Gasteiger partial charge in [0.25, 0.3) is 0 Å². The second-order valence-electron chi connectivity index (χ2n) is 3.50. The van der Waals surface area contributed by atoms with Gasteiger partial charge in [-0.1, -0.05) is 0 Å². The Labute approximate surface area is 93.2 Å². The lowest BCUT2D eigenvalue weighted by atomic mass is 10.2. The van der Waals surface area contributed by atoms with Crippen molar-refractivity contribution in [1.29, 1.82) is 5.26 Å². The highest BCUT2D eigenvalue weighted by Gasteiger charge is 2.15. The summed E-state index contributed by atoms with van der Waals surface area (Å²) >= 11 is 0. The number of nitrogens with one attached hydrogen (secondary N) is 1. The third-order valence-electron chi connectivity index (χ3n) is 2.50. The van der Waals surface area contributed by atoms with E-state index in [9.17, 15) is 4.39 Å². The van der Waals surface area contributed by atoms with E-state index < -0.39 is 0 Å². The smallest absolute Gasteiger partial charge is 0.181 e. The highest BCUT2D eigenvalue weighted by molar-refractivity contribution is 5.71. The zero-order chi connectivity index (χ0) is 11.4. The van der Waals surface area contributed by atoms with E-state index in [0.717, 1.165) is 18.8 Å². The largest absolute Gasteiger partial charge is 0.378 e. The molecule has 1 aliphatic heterocycles. The van der Waals surface area contributed by atoms with E-state index >= 15 is 0 Å². The Balaban J connectivity index is 2.27. The number of nitrogens with zero attached hydrogens (tertiary/aromatic N) is 2. The van der Waals surface area contributed by atoms with Crippen LogP contribution in [-0.2, 0) is 4.74 Å². The third kappa shape index (κ3) is 2.23.